The van der Waals surface area contributed by atoms with Crippen LogP contribution in [0.2, 0.25) is 0 Å². The molecule has 0 aromatic heterocycles. The number of aliphatic imine (C=N–C) groups is 1. The molecule has 0 fully saturated rings. The van der Waals surface area contributed by atoms with E-state index in [2.05, 4.69) is 53.7 Å². The number of rotatable bonds is 8. The van der Waals surface area contributed by atoms with E-state index in [9.17, 15) is 8.42 Å². The molecule has 29 heavy (non-hydrogen) atoms. The first kappa shape index (κ1) is 25.2. The molecule has 1 atom stereocenters. The molecule has 1 unspecified atom stereocenters. The summed E-state index contributed by atoms with van der Waals surface area (Å²) < 4.78 is 28.6. The summed E-state index contributed by atoms with van der Waals surface area (Å²) >= 11 is 0. The average molecular weight is 531 g/mol. The molecule has 2 aromatic carbocycles. The smallest absolute Gasteiger partial charge is 0.191 e. The van der Waals surface area contributed by atoms with Crippen LogP contribution >= 0.6 is 24.0 Å². The summed E-state index contributed by atoms with van der Waals surface area (Å²) in [7, 11) is -1.46. The van der Waals surface area contributed by atoms with E-state index in [0.717, 1.165) is 6.42 Å². The predicted octanol–water partition coefficient (Wildman–Crippen LogP) is 3.58. The highest BCUT2D eigenvalue weighted by Crippen LogP contribution is 2.16. The van der Waals surface area contributed by atoms with Crippen LogP contribution < -0.4 is 15.4 Å². The van der Waals surface area contributed by atoms with Crippen LogP contribution in [0.15, 0.2) is 58.4 Å². The predicted molar refractivity (Wildman–Crippen MR) is 129 cm³/mol. The number of hydrogen-bond acceptors (Lipinski definition) is 4. The quantitative estimate of drug-likeness (QED) is 0.236. The molecule has 0 spiro atoms. The first-order valence-corrected chi connectivity index (χ1v) is 11.2. The minimum absolute atomic E-state index is 0. The lowest BCUT2D eigenvalue weighted by Gasteiger charge is -2.18. The molecule has 0 saturated heterocycles. The van der Waals surface area contributed by atoms with Crippen molar-refractivity contribution in [3.63, 3.8) is 0 Å². The van der Waals surface area contributed by atoms with Crippen molar-refractivity contribution in [3.05, 3.63) is 59.7 Å². The monoisotopic (exact) mass is 531 g/mol. The van der Waals surface area contributed by atoms with Crippen molar-refractivity contribution < 1.29 is 13.2 Å². The first-order chi connectivity index (χ1) is 13.3. The van der Waals surface area contributed by atoms with Crippen molar-refractivity contribution >= 4 is 39.8 Å². The number of ether oxygens (including phenoxy) is 1. The van der Waals surface area contributed by atoms with Gasteiger partial charge in [0, 0.05) is 13.3 Å². The molecular formula is C21H30IN3O3S. The number of nitrogens with zero attached hydrogens (tertiary/aromatic N) is 1. The summed E-state index contributed by atoms with van der Waals surface area (Å²) in [5.74, 6) is 1.32. The number of guanidine groups is 1. The SMILES string of the molecule is CCc1ccc(C(C)NC(=NC)NCCOc2ccc(S(C)(=O)=O)cc2)cc1.I. The van der Waals surface area contributed by atoms with Crippen molar-refractivity contribution in [1.82, 2.24) is 10.6 Å². The summed E-state index contributed by atoms with van der Waals surface area (Å²) in [6.45, 7) is 5.23. The molecule has 6 nitrogen and oxygen atoms in total. The second-order valence-electron chi connectivity index (χ2n) is 6.55. The van der Waals surface area contributed by atoms with Gasteiger partial charge in [0.1, 0.15) is 12.4 Å². The molecule has 0 heterocycles. The highest BCUT2D eigenvalue weighted by atomic mass is 127. The van der Waals surface area contributed by atoms with E-state index < -0.39 is 9.84 Å². The fourth-order valence-electron chi connectivity index (χ4n) is 2.65. The minimum atomic E-state index is -3.19. The average Bonchev–Trinajstić information content (AvgIpc) is 2.69. The van der Waals surface area contributed by atoms with Gasteiger partial charge in [-0.2, -0.15) is 0 Å². The van der Waals surface area contributed by atoms with E-state index >= 15 is 0 Å². The molecule has 0 aliphatic rings. The molecule has 8 heteroatoms. The van der Waals surface area contributed by atoms with Crippen LogP contribution in [0.5, 0.6) is 5.75 Å². The lowest BCUT2D eigenvalue weighted by Crippen LogP contribution is -2.40. The molecule has 0 saturated carbocycles. The van der Waals surface area contributed by atoms with Crippen LogP contribution in [0, 0.1) is 0 Å². The molecule has 0 aliphatic carbocycles. The van der Waals surface area contributed by atoms with Gasteiger partial charge in [0.15, 0.2) is 15.8 Å². The van der Waals surface area contributed by atoms with Gasteiger partial charge in [-0.3, -0.25) is 4.99 Å². The number of aryl methyl sites for hydroxylation is 1. The third-order valence-electron chi connectivity index (χ3n) is 4.38. The van der Waals surface area contributed by atoms with E-state index in [0.29, 0.717) is 24.9 Å². The Labute approximate surface area is 191 Å². The maximum atomic E-state index is 11.5. The molecule has 2 N–H and O–H groups in total. The van der Waals surface area contributed by atoms with Crippen molar-refractivity contribution in [3.8, 4) is 5.75 Å². The van der Waals surface area contributed by atoms with Crippen LogP contribution in [0.1, 0.15) is 31.0 Å². The van der Waals surface area contributed by atoms with Crippen LogP contribution in [0.4, 0.5) is 0 Å². The van der Waals surface area contributed by atoms with Gasteiger partial charge in [-0.05, 0) is 48.7 Å². The van der Waals surface area contributed by atoms with E-state index in [-0.39, 0.29) is 34.9 Å². The van der Waals surface area contributed by atoms with Crippen LogP contribution in [0.3, 0.4) is 0 Å². The van der Waals surface area contributed by atoms with E-state index in [1.54, 1.807) is 31.3 Å². The van der Waals surface area contributed by atoms with E-state index in [1.807, 2.05) is 0 Å². The van der Waals surface area contributed by atoms with Gasteiger partial charge in [0.2, 0.25) is 0 Å². The molecule has 0 amide bonds. The van der Waals surface area contributed by atoms with Crippen LogP contribution in [0.25, 0.3) is 0 Å². The molecule has 0 bridgehead atoms. The number of halogens is 1. The lowest BCUT2D eigenvalue weighted by atomic mass is 10.1. The van der Waals surface area contributed by atoms with Gasteiger partial charge < -0.3 is 15.4 Å². The highest BCUT2D eigenvalue weighted by Gasteiger charge is 2.08. The fraction of sp³-hybridized carbons (Fsp3) is 0.381. The molecule has 160 valence electrons. The Hall–Kier alpha value is -1.81. The summed E-state index contributed by atoms with van der Waals surface area (Å²) in [5, 5.41) is 6.58. The van der Waals surface area contributed by atoms with Gasteiger partial charge >= 0.3 is 0 Å². The Morgan fingerprint density at radius 1 is 1.10 bits per heavy atom. The van der Waals surface area contributed by atoms with Crippen molar-refractivity contribution in [2.24, 2.45) is 4.99 Å². The summed E-state index contributed by atoms with van der Waals surface area (Å²) in [5.41, 5.74) is 2.52. The number of benzene rings is 2. The Balaban J connectivity index is 0.00000420. The summed E-state index contributed by atoms with van der Waals surface area (Å²) in [4.78, 5) is 4.52. The third kappa shape index (κ3) is 8.22. The second kappa shape index (κ2) is 12.0. The zero-order valence-corrected chi connectivity index (χ0v) is 20.5. The van der Waals surface area contributed by atoms with Gasteiger partial charge in [-0.15, -0.1) is 24.0 Å². The van der Waals surface area contributed by atoms with Gasteiger partial charge in [0.25, 0.3) is 0 Å². The van der Waals surface area contributed by atoms with Gasteiger partial charge in [-0.25, -0.2) is 8.42 Å². The molecule has 2 aromatic rings. The second-order valence-corrected chi connectivity index (χ2v) is 8.57. The number of nitrogens with one attached hydrogen (secondary N) is 2. The van der Waals surface area contributed by atoms with Gasteiger partial charge in [0.05, 0.1) is 17.5 Å². The Morgan fingerprint density at radius 3 is 2.24 bits per heavy atom. The van der Waals surface area contributed by atoms with Gasteiger partial charge in [-0.1, -0.05) is 31.2 Å². The molecule has 0 radical (unpaired) electrons. The van der Waals surface area contributed by atoms with E-state index in [4.69, 9.17) is 4.74 Å². The molecule has 0 aliphatic heterocycles. The molecule has 2 rings (SSSR count). The van der Waals surface area contributed by atoms with Crippen molar-refractivity contribution in [2.45, 2.75) is 31.2 Å². The maximum absolute atomic E-state index is 11.5. The Morgan fingerprint density at radius 2 is 1.72 bits per heavy atom. The standard InChI is InChI=1S/C21H29N3O3S.HI/c1-5-17-6-8-18(9-7-17)16(2)24-21(22-3)23-14-15-27-19-10-12-20(13-11-19)28(4,25)26;/h6-13,16H,5,14-15H2,1-4H3,(H2,22,23,24);1H. The Kier molecular flexibility index (Phi) is 10.5. The minimum Gasteiger partial charge on any atom is -0.492 e. The number of sulfone groups is 1. The third-order valence-corrected chi connectivity index (χ3v) is 5.51. The van der Waals surface area contributed by atoms with Crippen LogP contribution in [-0.2, 0) is 16.3 Å². The van der Waals surface area contributed by atoms with Crippen molar-refractivity contribution in [2.75, 3.05) is 26.5 Å². The summed E-state index contributed by atoms with van der Waals surface area (Å²) in [6.07, 6.45) is 2.22. The maximum Gasteiger partial charge on any atom is 0.191 e. The first-order valence-electron chi connectivity index (χ1n) is 9.32. The Bertz CT molecular complexity index is 882. The largest absolute Gasteiger partial charge is 0.492 e. The normalized spacial score (nSPS) is 12.6. The fourth-order valence-corrected chi connectivity index (χ4v) is 3.28. The lowest BCUT2D eigenvalue weighted by molar-refractivity contribution is 0.321. The molecular weight excluding hydrogens is 501 g/mol. The summed E-state index contributed by atoms with van der Waals surface area (Å²) in [6, 6.07) is 15.1. The van der Waals surface area contributed by atoms with Crippen molar-refractivity contribution in [1.29, 1.82) is 0 Å². The van der Waals surface area contributed by atoms with E-state index in [1.165, 1.54) is 17.4 Å². The highest BCUT2D eigenvalue weighted by molar-refractivity contribution is 14.0. The zero-order chi connectivity index (χ0) is 20.6. The number of hydrogen-bond donors (Lipinski definition) is 2. The zero-order valence-electron chi connectivity index (χ0n) is 17.3. The topological polar surface area (TPSA) is 79.8 Å². The van der Waals surface area contributed by atoms with Crippen LogP contribution in [-0.4, -0.2) is 40.8 Å².